The number of ether oxygens (including phenoxy) is 1. The number of carbonyl (C=O) groups excluding carboxylic acids is 2. The van der Waals surface area contributed by atoms with Crippen LogP contribution in [0.25, 0.3) is 0 Å². The summed E-state index contributed by atoms with van der Waals surface area (Å²) in [6, 6.07) is 16.8. The van der Waals surface area contributed by atoms with Gasteiger partial charge in [0.25, 0.3) is 0 Å². The van der Waals surface area contributed by atoms with E-state index in [9.17, 15) is 14.0 Å². The molecule has 2 heterocycles. The van der Waals surface area contributed by atoms with Crippen LogP contribution >= 0.6 is 0 Å². The number of carbonyl (C=O) groups is 2. The van der Waals surface area contributed by atoms with Crippen molar-refractivity contribution in [3.05, 3.63) is 71.3 Å². The molecule has 2 aromatic carbocycles. The van der Waals surface area contributed by atoms with Crippen molar-refractivity contribution in [1.82, 2.24) is 10.2 Å². The Kier molecular flexibility index (Phi) is 6.89. The predicted octanol–water partition coefficient (Wildman–Crippen LogP) is 3.99. The molecule has 2 saturated heterocycles. The SMILES string of the molecule is CC(C)c1ccc(C(NC(=O)C2CC(F)CN2C(=O)CC2COC2)c2ccccc2)cc1. The van der Waals surface area contributed by atoms with Crippen molar-refractivity contribution in [3.63, 3.8) is 0 Å². The van der Waals surface area contributed by atoms with Gasteiger partial charge in [0.1, 0.15) is 12.2 Å². The number of alkyl halides is 1. The summed E-state index contributed by atoms with van der Waals surface area (Å²) >= 11 is 0. The van der Waals surface area contributed by atoms with Crippen LogP contribution in [-0.4, -0.2) is 48.7 Å². The maximum absolute atomic E-state index is 14.3. The number of nitrogens with zero attached hydrogens (tertiary/aromatic N) is 1. The van der Waals surface area contributed by atoms with E-state index in [0.717, 1.165) is 11.1 Å². The van der Waals surface area contributed by atoms with Crippen molar-refractivity contribution in [2.75, 3.05) is 19.8 Å². The van der Waals surface area contributed by atoms with E-state index >= 15 is 0 Å². The molecule has 170 valence electrons. The molecule has 32 heavy (non-hydrogen) atoms. The molecule has 4 rings (SSSR count). The van der Waals surface area contributed by atoms with Crippen LogP contribution in [0.5, 0.6) is 0 Å². The molecule has 2 aliphatic heterocycles. The first-order valence-electron chi connectivity index (χ1n) is 11.4. The Morgan fingerprint density at radius 2 is 1.66 bits per heavy atom. The Morgan fingerprint density at radius 3 is 2.25 bits per heavy atom. The lowest BCUT2D eigenvalue weighted by molar-refractivity contribution is -0.142. The first-order valence-corrected chi connectivity index (χ1v) is 11.4. The van der Waals surface area contributed by atoms with Gasteiger partial charge >= 0.3 is 0 Å². The number of rotatable bonds is 7. The molecule has 0 spiro atoms. The summed E-state index contributed by atoms with van der Waals surface area (Å²) in [5.41, 5.74) is 3.12. The zero-order valence-corrected chi connectivity index (χ0v) is 18.7. The summed E-state index contributed by atoms with van der Waals surface area (Å²) in [5, 5.41) is 3.10. The first kappa shape index (κ1) is 22.5. The van der Waals surface area contributed by atoms with Crippen LogP contribution in [0.2, 0.25) is 0 Å². The Hall–Kier alpha value is -2.73. The summed E-state index contributed by atoms with van der Waals surface area (Å²) in [5.74, 6) is 0.0946. The van der Waals surface area contributed by atoms with Crippen LogP contribution in [-0.2, 0) is 14.3 Å². The van der Waals surface area contributed by atoms with Gasteiger partial charge in [-0.05, 0) is 22.6 Å². The fourth-order valence-electron chi connectivity index (χ4n) is 4.39. The van der Waals surface area contributed by atoms with Crippen LogP contribution in [0, 0.1) is 5.92 Å². The molecule has 0 aliphatic carbocycles. The number of amides is 2. The van der Waals surface area contributed by atoms with Gasteiger partial charge < -0.3 is 15.0 Å². The van der Waals surface area contributed by atoms with Gasteiger partial charge in [-0.1, -0.05) is 68.4 Å². The molecule has 0 aromatic heterocycles. The summed E-state index contributed by atoms with van der Waals surface area (Å²) in [6.45, 7) is 5.36. The smallest absolute Gasteiger partial charge is 0.243 e. The van der Waals surface area contributed by atoms with Gasteiger partial charge in [-0.2, -0.15) is 0 Å². The molecule has 5 nitrogen and oxygen atoms in total. The number of nitrogens with one attached hydrogen (secondary N) is 1. The van der Waals surface area contributed by atoms with E-state index < -0.39 is 12.2 Å². The molecule has 1 N–H and O–H groups in total. The van der Waals surface area contributed by atoms with Gasteiger partial charge in [0.05, 0.1) is 25.8 Å². The average molecular weight is 439 g/mol. The van der Waals surface area contributed by atoms with Crippen LogP contribution in [0.4, 0.5) is 4.39 Å². The van der Waals surface area contributed by atoms with Crippen LogP contribution in [0.15, 0.2) is 54.6 Å². The molecule has 0 bridgehead atoms. The lowest BCUT2D eigenvalue weighted by Gasteiger charge is -2.30. The Morgan fingerprint density at radius 1 is 1.03 bits per heavy atom. The normalized spacial score (nSPS) is 21.9. The number of benzene rings is 2. The van der Waals surface area contributed by atoms with E-state index in [0.29, 0.717) is 25.6 Å². The molecule has 2 amide bonds. The molecule has 2 aromatic rings. The highest BCUT2D eigenvalue weighted by molar-refractivity contribution is 5.89. The minimum atomic E-state index is -1.19. The van der Waals surface area contributed by atoms with Crippen molar-refractivity contribution in [1.29, 1.82) is 0 Å². The third kappa shape index (κ3) is 5.01. The largest absolute Gasteiger partial charge is 0.381 e. The maximum Gasteiger partial charge on any atom is 0.243 e. The fraction of sp³-hybridized carbons (Fsp3) is 0.462. The molecule has 2 fully saturated rings. The van der Waals surface area contributed by atoms with Crippen molar-refractivity contribution in [2.24, 2.45) is 5.92 Å². The summed E-state index contributed by atoms with van der Waals surface area (Å²) < 4.78 is 19.4. The summed E-state index contributed by atoms with van der Waals surface area (Å²) in [7, 11) is 0. The van der Waals surface area contributed by atoms with Gasteiger partial charge in [-0.25, -0.2) is 4.39 Å². The summed E-state index contributed by atoms with van der Waals surface area (Å²) in [4.78, 5) is 27.5. The molecule has 6 heteroatoms. The van der Waals surface area contributed by atoms with Gasteiger partial charge in [-0.3, -0.25) is 9.59 Å². The maximum atomic E-state index is 14.3. The Balaban J connectivity index is 1.54. The minimum absolute atomic E-state index is 0.0242. The third-order valence-electron chi connectivity index (χ3n) is 6.40. The monoisotopic (exact) mass is 438 g/mol. The number of likely N-dealkylation sites (tertiary alicyclic amines) is 1. The van der Waals surface area contributed by atoms with E-state index in [1.165, 1.54) is 10.5 Å². The number of hydrogen-bond donors (Lipinski definition) is 1. The predicted molar refractivity (Wildman–Crippen MR) is 121 cm³/mol. The third-order valence-corrected chi connectivity index (χ3v) is 6.40. The van der Waals surface area contributed by atoms with E-state index in [-0.39, 0.29) is 36.7 Å². The second kappa shape index (κ2) is 9.82. The average Bonchev–Trinajstić information content (AvgIpc) is 3.17. The van der Waals surface area contributed by atoms with E-state index in [2.05, 4.69) is 31.3 Å². The quantitative estimate of drug-likeness (QED) is 0.711. The second-order valence-corrected chi connectivity index (χ2v) is 9.18. The molecule has 0 saturated carbocycles. The molecular formula is C26H31FN2O3. The number of hydrogen-bond acceptors (Lipinski definition) is 3. The Labute approximate surface area is 188 Å². The molecule has 2 aliphatic rings. The van der Waals surface area contributed by atoms with Crippen molar-refractivity contribution in [2.45, 2.75) is 50.9 Å². The topological polar surface area (TPSA) is 58.6 Å². The van der Waals surface area contributed by atoms with E-state index in [4.69, 9.17) is 4.74 Å². The van der Waals surface area contributed by atoms with E-state index in [1.807, 2.05) is 42.5 Å². The molecular weight excluding hydrogens is 407 g/mol. The highest BCUT2D eigenvalue weighted by Gasteiger charge is 2.41. The first-order chi connectivity index (χ1) is 15.4. The molecule has 3 unspecified atom stereocenters. The summed E-state index contributed by atoms with van der Waals surface area (Å²) in [6.07, 6.45) is -0.852. The molecule has 3 atom stereocenters. The van der Waals surface area contributed by atoms with Gasteiger partial charge in [0, 0.05) is 18.8 Å². The number of halogens is 1. The zero-order chi connectivity index (χ0) is 22.7. The van der Waals surface area contributed by atoms with Crippen LogP contribution in [0.1, 0.15) is 55.3 Å². The van der Waals surface area contributed by atoms with Crippen molar-refractivity contribution < 1.29 is 18.7 Å². The lowest BCUT2D eigenvalue weighted by Crippen LogP contribution is -2.48. The fourth-order valence-corrected chi connectivity index (χ4v) is 4.39. The standard InChI is InChI=1S/C26H31FN2O3/c1-17(2)19-8-10-21(11-9-19)25(20-6-4-3-5-7-20)28-26(31)23-13-22(27)14-29(23)24(30)12-18-15-32-16-18/h3-11,17-18,22-23,25H,12-16H2,1-2H3,(H,28,31). The minimum Gasteiger partial charge on any atom is -0.381 e. The van der Waals surface area contributed by atoms with Gasteiger partial charge in [0.2, 0.25) is 11.8 Å². The Bertz CT molecular complexity index is 928. The lowest BCUT2D eigenvalue weighted by atomic mass is 9.95. The zero-order valence-electron chi connectivity index (χ0n) is 18.7. The van der Waals surface area contributed by atoms with Crippen LogP contribution < -0.4 is 5.32 Å². The second-order valence-electron chi connectivity index (χ2n) is 9.18. The van der Waals surface area contributed by atoms with Crippen molar-refractivity contribution in [3.8, 4) is 0 Å². The van der Waals surface area contributed by atoms with Gasteiger partial charge in [0.15, 0.2) is 0 Å². The highest BCUT2D eigenvalue weighted by atomic mass is 19.1. The van der Waals surface area contributed by atoms with Crippen LogP contribution in [0.3, 0.4) is 0 Å². The van der Waals surface area contributed by atoms with Gasteiger partial charge in [-0.15, -0.1) is 0 Å². The van der Waals surface area contributed by atoms with E-state index in [1.54, 1.807) is 0 Å². The molecule has 0 radical (unpaired) electrons. The van der Waals surface area contributed by atoms with Crippen molar-refractivity contribution >= 4 is 11.8 Å². The highest BCUT2D eigenvalue weighted by Crippen LogP contribution is 2.28.